The molecule has 6 nitrogen and oxygen atoms in total. The third-order valence-corrected chi connectivity index (χ3v) is 5.95. The molecule has 0 N–H and O–H groups in total. The Morgan fingerprint density at radius 2 is 2.00 bits per heavy atom. The van der Waals surface area contributed by atoms with Gasteiger partial charge in [-0.3, -0.25) is 0 Å². The van der Waals surface area contributed by atoms with Crippen molar-refractivity contribution in [1.29, 1.82) is 0 Å². The van der Waals surface area contributed by atoms with Gasteiger partial charge in [0.05, 0.1) is 16.0 Å². The first-order valence-corrected chi connectivity index (χ1v) is 8.59. The molecule has 0 spiro atoms. The van der Waals surface area contributed by atoms with Gasteiger partial charge in [-0.1, -0.05) is 11.6 Å². The van der Waals surface area contributed by atoms with Crippen LogP contribution in [-0.4, -0.2) is 40.6 Å². The molecule has 1 aliphatic heterocycles. The Bertz CT molecular complexity index is 758. The summed E-state index contributed by atoms with van der Waals surface area (Å²) >= 11 is 5.67. The largest absolute Gasteiger partial charge is 0.250 e. The molecular weight excluding hydrogens is 331 g/mol. The molecule has 1 aromatic heterocycles. The number of aromatic nitrogens is 3. The normalized spacial score (nSPS) is 17.7. The molecule has 1 aliphatic rings. The van der Waals surface area contributed by atoms with E-state index in [2.05, 4.69) is 10.1 Å². The van der Waals surface area contributed by atoms with E-state index in [-0.39, 0.29) is 16.0 Å². The Labute approximate surface area is 132 Å². The fourth-order valence-electron chi connectivity index (χ4n) is 2.54. The molecule has 2 aromatic rings. The van der Waals surface area contributed by atoms with Crippen LogP contribution in [-0.2, 0) is 10.0 Å². The Morgan fingerprint density at radius 1 is 1.27 bits per heavy atom. The van der Waals surface area contributed by atoms with Crippen LogP contribution in [0.3, 0.4) is 0 Å². The van der Waals surface area contributed by atoms with Crippen molar-refractivity contribution in [1.82, 2.24) is 19.1 Å². The molecule has 0 atom stereocenters. The smallest absolute Gasteiger partial charge is 0.243 e. The van der Waals surface area contributed by atoms with Crippen LogP contribution in [0.5, 0.6) is 0 Å². The molecule has 2 heterocycles. The van der Waals surface area contributed by atoms with Gasteiger partial charge in [0.1, 0.15) is 18.5 Å². The second kappa shape index (κ2) is 5.94. The van der Waals surface area contributed by atoms with Crippen LogP contribution in [0, 0.1) is 5.82 Å². The van der Waals surface area contributed by atoms with E-state index < -0.39 is 15.8 Å². The molecule has 0 amide bonds. The molecule has 0 bridgehead atoms. The number of piperidine rings is 1. The molecule has 22 heavy (non-hydrogen) atoms. The molecule has 1 aromatic carbocycles. The van der Waals surface area contributed by atoms with Gasteiger partial charge in [0.25, 0.3) is 0 Å². The summed E-state index contributed by atoms with van der Waals surface area (Å²) in [6.07, 6.45) is 4.40. The zero-order chi connectivity index (χ0) is 15.7. The zero-order valence-corrected chi connectivity index (χ0v) is 13.1. The van der Waals surface area contributed by atoms with Crippen molar-refractivity contribution in [2.24, 2.45) is 0 Å². The monoisotopic (exact) mass is 344 g/mol. The SMILES string of the molecule is O=S(=O)(c1ccc(F)c(Cl)c1)N1CCC(n2cncn2)CC1. The van der Waals surface area contributed by atoms with Crippen LogP contribution in [0.4, 0.5) is 4.39 Å². The lowest BCUT2D eigenvalue weighted by molar-refractivity contribution is 0.260. The lowest BCUT2D eigenvalue weighted by Gasteiger charge is -2.31. The minimum atomic E-state index is -3.66. The average Bonchev–Trinajstić information content (AvgIpc) is 3.04. The second-order valence-corrected chi connectivity index (χ2v) is 7.43. The van der Waals surface area contributed by atoms with Gasteiger partial charge in [-0.2, -0.15) is 9.40 Å². The third-order valence-electron chi connectivity index (χ3n) is 3.76. The molecule has 3 rings (SSSR count). The van der Waals surface area contributed by atoms with Crippen molar-refractivity contribution in [2.75, 3.05) is 13.1 Å². The van der Waals surface area contributed by atoms with E-state index in [9.17, 15) is 12.8 Å². The standard InChI is InChI=1S/C13H14ClFN4O2S/c14-12-7-11(1-2-13(12)15)22(20,21)18-5-3-10(4-6-18)19-9-16-8-17-19/h1-2,7-10H,3-6H2. The van der Waals surface area contributed by atoms with Crippen LogP contribution in [0.25, 0.3) is 0 Å². The molecule has 0 saturated carbocycles. The van der Waals surface area contributed by atoms with E-state index in [4.69, 9.17) is 11.6 Å². The maximum atomic E-state index is 13.2. The molecule has 0 unspecified atom stereocenters. The number of hydrogen-bond acceptors (Lipinski definition) is 4. The van der Waals surface area contributed by atoms with Gasteiger partial charge in [0.2, 0.25) is 10.0 Å². The molecule has 118 valence electrons. The van der Waals surface area contributed by atoms with Crippen LogP contribution in [0.1, 0.15) is 18.9 Å². The first-order chi connectivity index (χ1) is 10.5. The highest BCUT2D eigenvalue weighted by Crippen LogP contribution is 2.27. The molecule has 0 aliphatic carbocycles. The third kappa shape index (κ3) is 2.86. The second-order valence-electron chi connectivity index (χ2n) is 5.09. The van der Waals surface area contributed by atoms with Crippen molar-refractivity contribution >= 4 is 21.6 Å². The lowest BCUT2D eigenvalue weighted by atomic mass is 10.1. The highest BCUT2D eigenvalue weighted by atomic mass is 35.5. The summed E-state index contributed by atoms with van der Waals surface area (Å²) in [5.41, 5.74) is 0. The minimum Gasteiger partial charge on any atom is -0.250 e. The first-order valence-electron chi connectivity index (χ1n) is 6.78. The van der Waals surface area contributed by atoms with Gasteiger partial charge < -0.3 is 0 Å². The topological polar surface area (TPSA) is 68.1 Å². The van der Waals surface area contributed by atoms with Crippen molar-refractivity contribution in [3.63, 3.8) is 0 Å². The predicted octanol–water partition coefficient (Wildman–Crippen LogP) is 2.10. The summed E-state index contributed by atoms with van der Waals surface area (Å²) in [6, 6.07) is 3.60. The minimum absolute atomic E-state index is 0.0121. The molecular formula is C13H14ClFN4O2S. The maximum Gasteiger partial charge on any atom is 0.243 e. The maximum absolute atomic E-state index is 13.2. The molecule has 1 saturated heterocycles. The molecule has 0 radical (unpaired) electrons. The predicted molar refractivity (Wildman–Crippen MR) is 78.5 cm³/mol. The van der Waals surface area contributed by atoms with Gasteiger partial charge in [-0.25, -0.2) is 22.5 Å². The summed E-state index contributed by atoms with van der Waals surface area (Å²) in [4.78, 5) is 3.91. The Hall–Kier alpha value is -1.51. The van der Waals surface area contributed by atoms with E-state index in [1.807, 2.05) is 0 Å². The summed E-state index contributed by atoms with van der Waals surface area (Å²) in [6.45, 7) is 0.754. The van der Waals surface area contributed by atoms with Gasteiger partial charge in [-0.05, 0) is 31.0 Å². The van der Waals surface area contributed by atoms with Crippen molar-refractivity contribution < 1.29 is 12.8 Å². The Kier molecular flexibility index (Phi) is 4.16. The first kappa shape index (κ1) is 15.4. The van der Waals surface area contributed by atoms with Gasteiger partial charge in [-0.15, -0.1) is 0 Å². The summed E-state index contributed by atoms with van der Waals surface area (Å²) in [7, 11) is -3.66. The van der Waals surface area contributed by atoms with Crippen LogP contribution in [0.2, 0.25) is 5.02 Å². The summed E-state index contributed by atoms with van der Waals surface area (Å²) in [5.74, 6) is -0.634. The van der Waals surface area contributed by atoms with Crippen LogP contribution >= 0.6 is 11.6 Å². The van der Waals surface area contributed by atoms with Crippen molar-refractivity contribution in [3.8, 4) is 0 Å². The number of nitrogens with zero attached hydrogens (tertiary/aromatic N) is 4. The molecule has 1 fully saturated rings. The van der Waals surface area contributed by atoms with E-state index in [0.717, 1.165) is 12.1 Å². The lowest BCUT2D eigenvalue weighted by Crippen LogP contribution is -2.39. The van der Waals surface area contributed by atoms with Crippen molar-refractivity contribution in [2.45, 2.75) is 23.8 Å². The number of sulfonamides is 1. The highest BCUT2D eigenvalue weighted by Gasteiger charge is 2.30. The number of rotatable bonds is 3. The van der Waals surface area contributed by atoms with Crippen LogP contribution < -0.4 is 0 Å². The van der Waals surface area contributed by atoms with E-state index >= 15 is 0 Å². The van der Waals surface area contributed by atoms with Gasteiger partial charge in [0, 0.05) is 13.1 Å². The zero-order valence-electron chi connectivity index (χ0n) is 11.6. The fourth-order valence-corrected chi connectivity index (χ4v) is 4.28. The Balaban J connectivity index is 1.75. The quantitative estimate of drug-likeness (QED) is 0.855. The summed E-state index contributed by atoms with van der Waals surface area (Å²) < 4.78 is 41.4. The van der Waals surface area contributed by atoms with E-state index in [0.29, 0.717) is 25.9 Å². The van der Waals surface area contributed by atoms with Crippen molar-refractivity contribution in [3.05, 3.63) is 41.7 Å². The van der Waals surface area contributed by atoms with E-state index in [1.54, 1.807) is 11.0 Å². The highest BCUT2D eigenvalue weighted by molar-refractivity contribution is 7.89. The fraction of sp³-hybridized carbons (Fsp3) is 0.385. The molecule has 9 heteroatoms. The van der Waals surface area contributed by atoms with Gasteiger partial charge >= 0.3 is 0 Å². The summed E-state index contributed by atoms with van der Waals surface area (Å²) in [5, 5.41) is 3.89. The average molecular weight is 345 g/mol. The Morgan fingerprint density at radius 3 is 2.59 bits per heavy atom. The van der Waals surface area contributed by atoms with Gasteiger partial charge in [0.15, 0.2) is 0 Å². The van der Waals surface area contributed by atoms with E-state index in [1.165, 1.54) is 16.7 Å². The number of halogens is 2. The number of benzene rings is 1. The van der Waals surface area contributed by atoms with Crippen LogP contribution in [0.15, 0.2) is 35.7 Å². The number of hydrogen-bond donors (Lipinski definition) is 0.